The third-order valence-electron chi connectivity index (χ3n) is 3.62. The van der Waals surface area contributed by atoms with Crippen molar-refractivity contribution in [3.05, 3.63) is 65.2 Å². The van der Waals surface area contributed by atoms with Gasteiger partial charge in [-0.3, -0.25) is 9.55 Å². The van der Waals surface area contributed by atoms with Crippen LogP contribution in [0.15, 0.2) is 58.1 Å². The molecule has 7 heteroatoms. The van der Waals surface area contributed by atoms with Crippen LogP contribution in [0, 0.1) is 0 Å². The molecule has 0 saturated heterocycles. The molecule has 0 atom stereocenters. The van der Waals surface area contributed by atoms with E-state index in [1.54, 1.807) is 17.0 Å². The molecule has 0 bridgehead atoms. The van der Waals surface area contributed by atoms with Gasteiger partial charge in [0.25, 0.3) is 0 Å². The summed E-state index contributed by atoms with van der Waals surface area (Å²) in [6, 6.07) is 11.3. The van der Waals surface area contributed by atoms with E-state index in [1.165, 1.54) is 0 Å². The van der Waals surface area contributed by atoms with Crippen LogP contribution in [0.1, 0.15) is 5.89 Å². The van der Waals surface area contributed by atoms with Crippen molar-refractivity contribution in [2.75, 3.05) is 0 Å². The van der Waals surface area contributed by atoms with Crippen molar-refractivity contribution >= 4 is 11.0 Å². The van der Waals surface area contributed by atoms with Crippen molar-refractivity contribution < 1.29 is 4.52 Å². The molecule has 114 valence electrons. The molecule has 0 amide bonds. The summed E-state index contributed by atoms with van der Waals surface area (Å²) in [7, 11) is 0. The first kappa shape index (κ1) is 13.4. The van der Waals surface area contributed by atoms with Gasteiger partial charge in [-0.2, -0.15) is 4.98 Å². The van der Waals surface area contributed by atoms with Gasteiger partial charge in [0.2, 0.25) is 11.7 Å². The molecule has 4 rings (SSSR count). The Kier molecular flexibility index (Phi) is 3.23. The number of benzene rings is 1. The summed E-state index contributed by atoms with van der Waals surface area (Å²) >= 11 is 0. The first-order chi connectivity index (χ1) is 11.3. The number of nitrogens with zero attached hydrogens (tertiary/aromatic N) is 4. The number of aromatic amines is 1. The van der Waals surface area contributed by atoms with Crippen LogP contribution >= 0.6 is 0 Å². The average Bonchev–Trinajstić information content (AvgIpc) is 3.18. The number of nitrogens with one attached hydrogen (secondary N) is 1. The highest BCUT2D eigenvalue weighted by Gasteiger charge is 2.11. The Morgan fingerprint density at radius 3 is 2.96 bits per heavy atom. The Balaban J connectivity index is 1.56. The van der Waals surface area contributed by atoms with Crippen LogP contribution in [0.5, 0.6) is 0 Å². The van der Waals surface area contributed by atoms with Gasteiger partial charge in [-0.15, -0.1) is 0 Å². The largest absolute Gasteiger partial charge is 0.339 e. The molecular formula is C16H13N5O2. The van der Waals surface area contributed by atoms with E-state index in [1.807, 2.05) is 36.4 Å². The lowest BCUT2D eigenvalue weighted by atomic mass is 10.3. The molecule has 7 nitrogen and oxygen atoms in total. The molecule has 0 spiro atoms. The maximum atomic E-state index is 12.0. The van der Waals surface area contributed by atoms with Gasteiger partial charge in [0.15, 0.2) is 0 Å². The fraction of sp³-hybridized carbons (Fsp3) is 0.125. The molecule has 23 heavy (non-hydrogen) atoms. The van der Waals surface area contributed by atoms with Crippen molar-refractivity contribution in [3.63, 3.8) is 0 Å². The molecule has 4 aromatic rings. The summed E-state index contributed by atoms with van der Waals surface area (Å²) in [6.45, 7) is 0.470. The minimum atomic E-state index is -0.141. The molecule has 3 aromatic heterocycles. The van der Waals surface area contributed by atoms with Gasteiger partial charge in [0.1, 0.15) is 0 Å². The fourth-order valence-electron chi connectivity index (χ4n) is 2.50. The second kappa shape index (κ2) is 5.53. The van der Waals surface area contributed by atoms with Crippen LogP contribution in [0.25, 0.3) is 22.4 Å². The first-order valence-electron chi connectivity index (χ1n) is 7.22. The van der Waals surface area contributed by atoms with Gasteiger partial charge in [-0.25, -0.2) is 4.79 Å². The van der Waals surface area contributed by atoms with Crippen LogP contribution in [-0.2, 0) is 13.0 Å². The van der Waals surface area contributed by atoms with Crippen molar-refractivity contribution in [3.8, 4) is 11.4 Å². The zero-order valence-electron chi connectivity index (χ0n) is 12.1. The lowest BCUT2D eigenvalue weighted by molar-refractivity contribution is 0.372. The molecule has 0 aliphatic heterocycles. The number of hydrogen-bond donors (Lipinski definition) is 1. The van der Waals surface area contributed by atoms with Crippen molar-refractivity contribution in [1.82, 2.24) is 24.7 Å². The summed E-state index contributed by atoms with van der Waals surface area (Å²) in [5, 5.41) is 3.95. The van der Waals surface area contributed by atoms with E-state index in [9.17, 15) is 4.79 Å². The number of hydrogen-bond acceptors (Lipinski definition) is 5. The Bertz CT molecular complexity index is 1000. The van der Waals surface area contributed by atoms with E-state index in [4.69, 9.17) is 4.52 Å². The maximum absolute atomic E-state index is 12.0. The van der Waals surface area contributed by atoms with Crippen LogP contribution in [0.3, 0.4) is 0 Å². The fourth-order valence-corrected chi connectivity index (χ4v) is 2.50. The average molecular weight is 307 g/mol. The quantitative estimate of drug-likeness (QED) is 0.623. The van der Waals surface area contributed by atoms with Crippen LogP contribution < -0.4 is 5.69 Å². The lowest BCUT2D eigenvalue weighted by Gasteiger charge is -1.99. The van der Waals surface area contributed by atoms with Crippen LogP contribution in [0.2, 0.25) is 0 Å². The minimum absolute atomic E-state index is 0.141. The number of para-hydroxylation sites is 2. The van der Waals surface area contributed by atoms with E-state index in [2.05, 4.69) is 20.1 Å². The molecular weight excluding hydrogens is 294 g/mol. The molecule has 0 fully saturated rings. The summed E-state index contributed by atoms with van der Waals surface area (Å²) in [6.07, 6.45) is 3.85. The predicted molar refractivity (Wildman–Crippen MR) is 83.8 cm³/mol. The Hall–Kier alpha value is -3.22. The first-order valence-corrected chi connectivity index (χ1v) is 7.22. The Labute approximate surface area is 130 Å². The highest BCUT2D eigenvalue weighted by atomic mass is 16.5. The van der Waals surface area contributed by atoms with E-state index >= 15 is 0 Å². The topological polar surface area (TPSA) is 89.6 Å². The number of imidazole rings is 1. The third-order valence-corrected chi connectivity index (χ3v) is 3.62. The van der Waals surface area contributed by atoms with Crippen LogP contribution in [0.4, 0.5) is 0 Å². The molecule has 0 aliphatic rings. The Morgan fingerprint density at radius 2 is 2.09 bits per heavy atom. The summed E-state index contributed by atoms with van der Waals surface area (Å²) in [5.41, 5.74) is 2.34. The predicted octanol–water partition coefficient (Wildman–Crippen LogP) is 2.02. The molecule has 0 aliphatic carbocycles. The van der Waals surface area contributed by atoms with Gasteiger partial charge in [-0.1, -0.05) is 17.3 Å². The van der Waals surface area contributed by atoms with E-state index in [0.29, 0.717) is 24.7 Å². The minimum Gasteiger partial charge on any atom is -0.339 e. The second-order valence-corrected chi connectivity index (χ2v) is 5.10. The number of fused-ring (bicyclic) bond motifs is 1. The third kappa shape index (κ3) is 2.52. The highest BCUT2D eigenvalue weighted by molar-refractivity contribution is 5.74. The zero-order chi connectivity index (χ0) is 15.6. The Morgan fingerprint density at radius 1 is 1.17 bits per heavy atom. The zero-order valence-corrected chi connectivity index (χ0v) is 12.1. The van der Waals surface area contributed by atoms with Gasteiger partial charge in [0.05, 0.1) is 11.0 Å². The SMILES string of the molecule is O=c1[nH]c2ccccc2n1CCc1nc(-c2cccnc2)no1. The molecule has 1 aromatic carbocycles. The van der Waals surface area contributed by atoms with Gasteiger partial charge in [-0.05, 0) is 24.3 Å². The second-order valence-electron chi connectivity index (χ2n) is 5.10. The number of aromatic nitrogens is 5. The van der Waals surface area contributed by atoms with Gasteiger partial charge in [0, 0.05) is 30.9 Å². The highest BCUT2D eigenvalue weighted by Crippen LogP contribution is 2.15. The van der Waals surface area contributed by atoms with E-state index in [-0.39, 0.29) is 5.69 Å². The monoisotopic (exact) mass is 307 g/mol. The maximum Gasteiger partial charge on any atom is 0.326 e. The number of aryl methyl sites for hydroxylation is 2. The number of H-pyrrole nitrogens is 1. The number of pyridine rings is 1. The van der Waals surface area contributed by atoms with Crippen LogP contribution in [-0.4, -0.2) is 24.7 Å². The van der Waals surface area contributed by atoms with Gasteiger partial charge >= 0.3 is 5.69 Å². The molecule has 1 N–H and O–H groups in total. The molecule has 3 heterocycles. The van der Waals surface area contributed by atoms with Gasteiger partial charge < -0.3 is 9.51 Å². The smallest absolute Gasteiger partial charge is 0.326 e. The molecule has 0 unspecified atom stereocenters. The lowest BCUT2D eigenvalue weighted by Crippen LogP contribution is -2.17. The van der Waals surface area contributed by atoms with Crippen molar-refractivity contribution in [1.29, 1.82) is 0 Å². The standard InChI is InChI=1S/C16H13N5O2/c22-16-18-12-5-1-2-6-13(12)21(16)9-7-14-19-15(20-23-14)11-4-3-8-17-10-11/h1-6,8,10H,7,9H2,(H,18,22). The molecule has 0 saturated carbocycles. The van der Waals surface area contributed by atoms with E-state index in [0.717, 1.165) is 16.6 Å². The van der Waals surface area contributed by atoms with Crippen molar-refractivity contribution in [2.24, 2.45) is 0 Å². The summed E-state index contributed by atoms with van der Waals surface area (Å²) in [4.78, 5) is 23.2. The normalized spacial score (nSPS) is 11.1. The summed E-state index contributed by atoms with van der Waals surface area (Å²) < 4.78 is 6.92. The van der Waals surface area contributed by atoms with E-state index < -0.39 is 0 Å². The number of rotatable bonds is 4. The molecule has 0 radical (unpaired) electrons. The summed E-state index contributed by atoms with van der Waals surface area (Å²) in [5.74, 6) is 0.986. The van der Waals surface area contributed by atoms with Crippen molar-refractivity contribution in [2.45, 2.75) is 13.0 Å².